The Morgan fingerprint density at radius 3 is 2.42 bits per heavy atom. The molecule has 0 amide bonds. The first-order valence-corrected chi connectivity index (χ1v) is 4.06. The van der Waals surface area contributed by atoms with E-state index in [-0.39, 0.29) is 10.2 Å². The monoisotopic (exact) mass is 234 g/mol. The summed E-state index contributed by atoms with van der Waals surface area (Å²) < 4.78 is 25.8. The lowest BCUT2D eigenvalue weighted by atomic mass is 10.3. The van der Waals surface area contributed by atoms with Gasteiger partial charge in [-0.05, 0) is 15.9 Å². The zero-order valence-electron chi connectivity index (χ0n) is 6.66. The van der Waals surface area contributed by atoms with Crippen LogP contribution in [0.15, 0.2) is 10.5 Å². The van der Waals surface area contributed by atoms with Crippen LogP contribution >= 0.6 is 15.9 Å². The van der Waals surface area contributed by atoms with Crippen molar-refractivity contribution in [2.24, 2.45) is 0 Å². The smallest absolute Gasteiger partial charge is 0.150 e. The average molecular weight is 235 g/mol. The van der Waals surface area contributed by atoms with Gasteiger partial charge in [-0.25, -0.2) is 8.78 Å². The van der Waals surface area contributed by atoms with Crippen LogP contribution in [0.25, 0.3) is 0 Å². The van der Waals surface area contributed by atoms with Crippen LogP contribution in [0.4, 0.5) is 14.5 Å². The van der Waals surface area contributed by atoms with E-state index in [0.29, 0.717) is 0 Å². The maximum absolute atomic E-state index is 12.9. The van der Waals surface area contributed by atoms with E-state index < -0.39 is 11.6 Å². The second-order valence-electron chi connectivity index (χ2n) is 2.52. The highest BCUT2D eigenvalue weighted by Gasteiger charge is 2.09. The molecule has 1 aromatic rings. The summed E-state index contributed by atoms with van der Waals surface area (Å²) in [5.74, 6) is -1.25. The SMILES string of the molecule is CN(C)c1[c]c(Br)c(F)cc1F. The average Bonchev–Trinajstić information content (AvgIpc) is 1.96. The molecule has 0 aromatic heterocycles. The van der Waals surface area contributed by atoms with Gasteiger partial charge in [0, 0.05) is 26.2 Å². The first-order chi connectivity index (χ1) is 5.52. The van der Waals surface area contributed by atoms with Crippen LogP contribution < -0.4 is 4.90 Å². The van der Waals surface area contributed by atoms with E-state index >= 15 is 0 Å². The molecule has 0 N–H and O–H groups in total. The summed E-state index contributed by atoms with van der Waals surface area (Å²) in [7, 11) is 3.33. The zero-order valence-corrected chi connectivity index (χ0v) is 8.24. The lowest BCUT2D eigenvalue weighted by Gasteiger charge is -2.13. The Morgan fingerprint density at radius 1 is 1.33 bits per heavy atom. The Hall–Kier alpha value is -0.640. The van der Waals surface area contributed by atoms with Crippen molar-refractivity contribution in [2.75, 3.05) is 19.0 Å². The van der Waals surface area contributed by atoms with Crippen molar-refractivity contribution in [3.05, 3.63) is 28.2 Å². The van der Waals surface area contributed by atoms with E-state index in [0.717, 1.165) is 6.07 Å². The van der Waals surface area contributed by atoms with Gasteiger partial charge in [-0.1, -0.05) is 0 Å². The minimum absolute atomic E-state index is 0.146. The van der Waals surface area contributed by atoms with Crippen LogP contribution in [0, 0.1) is 17.7 Å². The molecule has 0 saturated heterocycles. The second kappa shape index (κ2) is 3.39. The maximum Gasteiger partial charge on any atom is 0.150 e. The summed E-state index contributed by atoms with van der Waals surface area (Å²) in [6.07, 6.45) is 0. The molecule has 0 atom stereocenters. The molecule has 1 nitrogen and oxygen atoms in total. The van der Waals surface area contributed by atoms with Crippen molar-refractivity contribution in [2.45, 2.75) is 0 Å². The molecule has 65 valence electrons. The first kappa shape index (κ1) is 9.45. The molecule has 1 aromatic carbocycles. The van der Waals surface area contributed by atoms with Crippen molar-refractivity contribution < 1.29 is 8.78 Å². The predicted molar refractivity (Wildman–Crippen MR) is 47.2 cm³/mol. The zero-order chi connectivity index (χ0) is 9.30. The number of rotatable bonds is 1. The molecule has 1 radical (unpaired) electrons. The van der Waals surface area contributed by atoms with Crippen molar-refractivity contribution >= 4 is 21.6 Å². The van der Waals surface area contributed by atoms with Gasteiger partial charge in [0.05, 0.1) is 10.2 Å². The van der Waals surface area contributed by atoms with Crippen LogP contribution in [-0.2, 0) is 0 Å². The normalized spacial score (nSPS) is 10.1. The quantitative estimate of drug-likeness (QED) is 0.676. The van der Waals surface area contributed by atoms with E-state index in [1.807, 2.05) is 0 Å². The Labute approximate surface area is 78.1 Å². The van der Waals surface area contributed by atoms with E-state index in [1.54, 1.807) is 14.1 Å². The van der Waals surface area contributed by atoms with Gasteiger partial charge in [-0.2, -0.15) is 0 Å². The topological polar surface area (TPSA) is 3.24 Å². The molecular weight excluding hydrogens is 228 g/mol. The molecule has 0 unspecified atom stereocenters. The summed E-state index contributed by atoms with van der Waals surface area (Å²) in [6, 6.07) is 3.37. The summed E-state index contributed by atoms with van der Waals surface area (Å²) in [5.41, 5.74) is 0.239. The van der Waals surface area contributed by atoms with Gasteiger partial charge in [0.1, 0.15) is 11.6 Å². The van der Waals surface area contributed by atoms with Crippen molar-refractivity contribution in [1.82, 2.24) is 0 Å². The number of halogens is 3. The van der Waals surface area contributed by atoms with Crippen LogP contribution in [0.1, 0.15) is 0 Å². The lowest BCUT2D eigenvalue weighted by Crippen LogP contribution is -2.11. The summed E-state index contributed by atoms with van der Waals surface area (Å²) in [5, 5.41) is 0. The molecule has 0 fully saturated rings. The Kier molecular flexibility index (Phi) is 2.67. The molecule has 4 heteroatoms. The summed E-state index contributed by atoms with van der Waals surface area (Å²) in [4.78, 5) is 1.53. The van der Waals surface area contributed by atoms with Gasteiger partial charge in [0.15, 0.2) is 0 Å². The fourth-order valence-corrected chi connectivity index (χ4v) is 1.09. The number of hydrogen-bond acceptors (Lipinski definition) is 1. The van der Waals surface area contributed by atoms with Crippen LogP contribution in [0.3, 0.4) is 0 Å². The standard InChI is InChI=1S/C8H7BrF2N/c1-12(2)8-3-5(9)6(10)4-7(8)11/h4H,1-2H3. The fraction of sp³-hybridized carbons (Fsp3) is 0.250. The highest BCUT2D eigenvalue weighted by atomic mass is 79.9. The van der Waals surface area contributed by atoms with E-state index in [9.17, 15) is 8.78 Å². The molecule has 12 heavy (non-hydrogen) atoms. The Morgan fingerprint density at radius 2 is 1.92 bits per heavy atom. The minimum atomic E-state index is -0.641. The molecular formula is C8H7BrF2N. The van der Waals surface area contributed by atoms with Gasteiger partial charge in [-0.3, -0.25) is 0 Å². The van der Waals surface area contributed by atoms with Crippen molar-refractivity contribution in [3.8, 4) is 0 Å². The summed E-state index contributed by atoms with van der Waals surface area (Å²) in [6.45, 7) is 0. The van der Waals surface area contributed by atoms with Crippen LogP contribution in [-0.4, -0.2) is 14.1 Å². The van der Waals surface area contributed by atoms with E-state index in [1.165, 1.54) is 4.90 Å². The fourth-order valence-electron chi connectivity index (χ4n) is 0.792. The van der Waals surface area contributed by atoms with Crippen LogP contribution in [0.5, 0.6) is 0 Å². The molecule has 0 heterocycles. The molecule has 0 spiro atoms. The van der Waals surface area contributed by atoms with Gasteiger partial charge in [-0.15, -0.1) is 0 Å². The third-order valence-electron chi connectivity index (χ3n) is 1.36. The highest BCUT2D eigenvalue weighted by Crippen LogP contribution is 2.24. The molecule has 0 saturated carbocycles. The second-order valence-corrected chi connectivity index (χ2v) is 3.32. The number of benzene rings is 1. The van der Waals surface area contributed by atoms with Crippen LogP contribution in [0.2, 0.25) is 0 Å². The van der Waals surface area contributed by atoms with E-state index in [4.69, 9.17) is 0 Å². The third kappa shape index (κ3) is 1.75. The van der Waals surface area contributed by atoms with Crippen molar-refractivity contribution in [3.63, 3.8) is 0 Å². The highest BCUT2D eigenvalue weighted by molar-refractivity contribution is 9.10. The van der Waals surface area contributed by atoms with Gasteiger partial charge in [0.25, 0.3) is 0 Å². The Bertz CT molecular complexity index is 299. The predicted octanol–water partition coefficient (Wildman–Crippen LogP) is 2.59. The molecule has 0 bridgehead atoms. The van der Waals surface area contributed by atoms with Gasteiger partial charge in [0.2, 0.25) is 0 Å². The molecule has 1 rings (SSSR count). The number of anilines is 1. The first-order valence-electron chi connectivity index (χ1n) is 3.26. The van der Waals surface area contributed by atoms with Crippen molar-refractivity contribution in [1.29, 1.82) is 0 Å². The van der Waals surface area contributed by atoms with Gasteiger partial charge >= 0.3 is 0 Å². The molecule has 0 aliphatic heterocycles. The molecule has 0 aliphatic carbocycles. The number of hydrogen-bond donors (Lipinski definition) is 0. The van der Waals surface area contributed by atoms with Gasteiger partial charge < -0.3 is 4.90 Å². The minimum Gasteiger partial charge on any atom is -0.375 e. The lowest BCUT2D eigenvalue weighted by molar-refractivity contribution is 0.578. The van der Waals surface area contributed by atoms with E-state index in [2.05, 4.69) is 22.0 Å². The number of nitrogens with zero attached hydrogens (tertiary/aromatic N) is 1. The summed E-state index contributed by atoms with van der Waals surface area (Å²) >= 11 is 2.92. The molecule has 0 aliphatic rings. The Balaban J connectivity index is 3.23. The maximum atomic E-state index is 12.9. The third-order valence-corrected chi connectivity index (χ3v) is 1.94. The largest absolute Gasteiger partial charge is 0.375 e.